The Morgan fingerprint density at radius 1 is 1.00 bits per heavy atom. The first kappa shape index (κ1) is 25.0. The first-order chi connectivity index (χ1) is 16.5. The van der Waals surface area contributed by atoms with E-state index in [9.17, 15) is 4.39 Å². The van der Waals surface area contributed by atoms with Crippen LogP contribution in [0.1, 0.15) is 30.4 Å². The first-order valence-corrected chi connectivity index (χ1v) is 12.7. The highest BCUT2D eigenvalue weighted by Gasteiger charge is 2.16. The van der Waals surface area contributed by atoms with Crippen molar-refractivity contribution in [2.45, 2.75) is 32.4 Å². The lowest BCUT2D eigenvalue weighted by molar-refractivity contribution is 0.279. The number of anilines is 2. The molecule has 0 unspecified atom stereocenters. The van der Waals surface area contributed by atoms with Crippen LogP contribution in [0.2, 0.25) is 10.0 Å². The van der Waals surface area contributed by atoms with Crippen molar-refractivity contribution in [2.24, 2.45) is 0 Å². The molecule has 3 aromatic carbocycles. The van der Waals surface area contributed by atoms with Gasteiger partial charge in [-0.3, -0.25) is 0 Å². The van der Waals surface area contributed by atoms with Crippen LogP contribution < -0.4 is 19.7 Å². The predicted octanol–water partition coefficient (Wildman–Crippen LogP) is 8.09. The monoisotopic (exact) mass is 566 g/mol. The van der Waals surface area contributed by atoms with Crippen LogP contribution in [0.4, 0.5) is 15.8 Å². The van der Waals surface area contributed by atoms with Crippen molar-refractivity contribution < 1.29 is 13.9 Å². The van der Waals surface area contributed by atoms with Crippen molar-refractivity contribution in [2.75, 3.05) is 30.4 Å². The summed E-state index contributed by atoms with van der Waals surface area (Å²) in [6, 6.07) is 14.4. The van der Waals surface area contributed by atoms with Gasteiger partial charge in [-0.15, -0.1) is 0 Å². The van der Waals surface area contributed by atoms with Crippen LogP contribution in [0.25, 0.3) is 0 Å². The number of rotatable bonds is 8. The molecule has 0 radical (unpaired) electrons. The summed E-state index contributed by atoms with van der Waals surface area (Å²) in [5, 5.41) is 4.49. The van der Waals surface area contributed by atoms with Gasteiger partial charge in [-0.1, -0.05) is 45.2 Å². The quantitative estimate of drug-likeness (QED) is 0.298. The Morgan fingerprint density at radius 2 is 1.79 bits per heavy atom. The number of ether oxygens (including phenoxy) is 2. The lowest BCUT2D eigenvalue weighted by atomic mass is 10.1. The van der Waals surface area contributed by atoms with Gasteiger partial charge in [0.05, 0.1) is 22.8 Å². The van der Waals surface area contributed by atoms with Gasteiger partial charge in [-0.05, 0) is 67.3 Å². The van der Waals surface area contributed by atoms with Gasteiger partial charge < -0.3 is 19.7 Å². The number of piperidine rings is 1. The van der Waals surface area contributed by atoms with Gasteiger partial charge in [0.2, 0.25) is 0 Å². The second-order valence-corrected chi connectivity index (χ2v) is 9.82. The van der Waals surface area contributed by atoms with Gasteiger partial charge in [0.1, 0.15) is 12.4 Å². The van der Waals surface area contributed by atoms with E-state index >= 15 is 0 Å². The molecule has 1 N–H and O–H groups in total. The van der Waals surface area contributed by atoms with E-state index in [0.717, 1.165) is 39.5 Å². The fourth-order valence-electron chi connectivity index (χ4n) is 4.01. The number of halogens is 4. The Labute approximate surface area is 218 Å². The molecular formula is C26H26BrCl2FN2O2. The van der Waals surface area contributed by atoms with Crippen LogP contribution in [0, 0.1) is 5.82 Å². The van der Waals surface area contributed by atoms with Crippen molar-refractivity contribution in [3.63, 3.8) is 0 Å². The van der Waals surface area contributed by atoms with Gasteiger partial charge >= 0.3 is 0 Å². The van der Waals surface area contributed by atoms with Crippen molar-refractivity contribution in [3.05, 3.63) is 80.0 Å². The van der Waals surface area contributed by atoms with Gasteiger partial charge in [0, 0.05) is 35.4 Å². The smallest absolute Gasteiger partial charge is 0.162 e. The second-order valence-electron chi connectivity index (χ2n) is 8.15. The third-order valence-corrected chi connectivity index (χ3v) is 7.29. The Balaban J connectivity index is 1.44. The molecule has 0 spiro atoms. The summed E-state index contributed by atoms with van der Waals surface area (Å²) in [6.07, 6.45) is 3.70. The van der Waals surface area contributed by atoms with E-state index in [1.165, 1.54) is 25.3 Å². The number of hydrogen-bond donors (Lipinski definition) is 1. The lowest BCUT2D eigenvalue weighted by Crippen LogP contribution is -2.29. The van der Waals surface area contributed by atoms with Crippen molar-refractivity contribution in [1.82, 2.24) is 0 Å². The summed E-state index contributed by atoms with van der Waals surface area (Å²) in [6.45, 7) is 2.65. The van der Waals surface area contributed by atoms with Crippen molar-refractivity contribution in [1.29, 1.82) is 0 Å². The predicted molar refractivity (Wildman–Crippen MR) is 141 cm³/mol. The Hall–Kier alpha value is -2.15. The molecule has 0 atom stereocenters. The zero-order chi connectivity index (χ0) is 24.1. The molecule has 0 aromatic heterocycles. The van der Waals surface area contributed by atoms with E-state index in [-0.39, 0.29) is 6.61 Å². The van der Waals surface area contributed by atoms with Crippen molar-refractivity contribution in [3.8, 4) is 11.5 Å². The summed E-state index contributed by atoms with van der Waals surface area (Å²) in [5.74, 6) is 0.633. The molecule has 1 saturated heterocycles. The normalized spacial score (nSPS) is 13.6. The minimum Gasteiger partial charge on any atom is -0.493 e. The average molecular weight is 568 g/mol. The molecule has 34 heavy (non-hydrogen) atoms. The summed E-state index contributed by atoms with van der Waals surface area (Å²) >= 11 is 16.3. The SMILES string of the molecule is COc1cc(CNc2ccc(N3CCCCC3)c(Cl)c2)c(Br)cc1OCc1c(F)cccc1Cl. The third kappa shape index (κ3) is 5.91. The Bertz CT molecular complexity index is 1140. The van der Waals surface area contributed by atoms with Crippen molar-refractivity contribution >= 4 is 50.5 Å². The van der Waals surface area contributed by atoms with Crippen LogP contribution in [-0.4, -0.2) is 20.2 Å². The molecule has 1 aliphatic heterocycles. The third-order valence-electron chi connectivity index (χ3n) is 5.89. The number of benzene rings is 3. The molecule has 3 aromatic rings. The van der Waals surface area contributed by atoms with Crippen LogP contribution in [-0.2, 0) is 13.2 Å². The summed E-state index contributed by atoms with van der Waals surface area (Å²) in [7, 11) is 1.57. The molecule has 1 aliphatic rings. The van der Waals surface area contributed by atoms with Crippen LogP contribution in [0.15, 0.2) is 53.0 Å². The highest BCUT2D eigenvalue weighted by atomic mass is 79.9. The Kier molecular flexibility index (Phi) is 8.46. The lowest BCUT2D eigenvalue weighted by Gasteiger charge is -2.29. The molecule has 0 bridgehead atoms. The molecule has 180 valence electrons. The van der Waals surface area contributed by atoms with E-state index in [4.69, 9.17) is 32.7 Å². The molecule has 0 amide bonds. The number of nitrogens with one attached hydrogen (secondary N) is 1. The molecule has 1 fully saturated rings. The van der Waals surface area contributed by atoms with E-state index in [1.807, 2.05) is 18.2 Å². The molecule has 4 nitrogen and oxygen atoms in total. The fraction of sp³-hybridized carbons (Fsp3) is 0.308. The van der Waals surface area contributed by atoms with Crippen LogP contribution >= 0.6 is 39.1 Å². The maximum atomic E-state index is 14.1. The van der Waals surface area contributed by atoms with Gasteiger partial charge in [0.15, 0.2) is 11.5 Å². The largest absolute Gasteiger partial charge is 0.493 e. The summed E-state index contributed by atoms with van der Waals surface area (Å²) < 4.78 is 26.3. The zero-order valence-corrected chi connectivity index (χ0v) is 21.9. The Morgan fingerprint density at radius 3 is 2.50 bits per heavy atom. The topological polar surface area (TPSA) is 33.7 Å². The first-order valence-electron chi connectivity index (χ1n) is 11.2. The average Bonchev–Trinajstić information content (AvgIpc) is 2.83. The minimum absolute atomic E-state index is 0.00618. The maximum absolute atomic E-state index is 14.1. The molecule has 4 rings (SSSR count). The molecule has 1 heterocycles. The van der Waals surface area contributed by atoms with E-state index in [2.05, 4.69) is 38.3 Å². The highest BCUT2D eigenvalue weighted by Crippen LogP contribution is 2.36. The van der Waals surface area contributed by atoms with E-state index in [1.54, 1.807) is 19.2 Å². The zero-order valence-electron chi connectivity index (χ0n) is 18.8. The standard InChI is InChI=1S/C26H26BrCl2FN2O2/c1-33-25-12-17(20(27)14-26(25)34-16-19-21(28)6-5-7-23(19)30)15-31-18-8-9-24(22(29)13-18)32-10-3-2-4-11-32/h5-9,12-14,31H,2-4,10-11,15-16H2,1H3. The van der Waals surface area contributed by atoms with E-state index < -0.39 is 5.82 Å². The summed E-state index contributed by atoms with van der Waals surface area (Å²) in [5.41, 5.74) is 3.31. The number of hydrogen-bond acceptors (Lipinski definition) is 4. The minimum atomic E-state index is -0.406. The van der Waals surface area contributed by atoms with Gasteiger partial charge in [-0.25, -0.2) is 4.39 Å². The van der Waals surface area contributed by atoms with Crippen LogP contribution in [0.5, 0.6) is 11.5 Å². The maximum Gasteiger partial charge on any atom is 0.162 e. The van der Waals surface area contributed by atoms with Gasteiger partial charge in [0.25, 0.3) is 0 Å². The summed E-state index contributed by atoms with van der Waals surface area (Å²) in [4.78, 5) is 2.35. The number of nitrogens with zero attached hydrogens (tertiary/aromatic N) is 1. The molecule has 8 heteroatoms. The van der Waals surface area contributed by atoms with Gasteiger partial charge in [-0.2, -0.15) is 0 Å². The molecule has 0 saturated carbocycles. The fourth-order valence-corrected chi connectivity index (χ4v) is 4.99. The highest BCUT2D eigenvalue weighted by molar-refractivity contribution is 9.10. The molecular weight excluding hydrogens is 542 g/mol. The van der Waals surface area contributed by atoms with E-state index in [0.29, 0.717) is 28.6 Å². The van der Waals surface area contributed by atoms with Crippen LogP contribution in [0.3, 0.4) is 0 Å². The second kappa shape index (κ2) is 11.5. The number of methoxy groups -OCH3 is 1. The molecule has 0 aliphatic carbocycles.